The van der Waals surface area contributed by atoms with Crippen molar-refractivity contribution in [1.29, 1.82) is 0 Å². The van der Waals surface area contributed by atoms with Crippen LogP contribution in [0.1, 0.15) is 45.6 Å². The van der Waals surface area contributed by atoms with Crippen molar-refractivity contribution in [3.8, 4) is 0 Å². The van der Waals surface area contributed by atoms with Crippen LogP contribution in [0.15, 0.2) is 41.8 Å². The molecule has 1 aliphatic heterocycles. The van der Waals surface area contributed by atoms with E-state index in [0.29, 0.717) is 12.5 Å². The van der Waals surface area contributed by atoms with E-state index >= 15 is 0 Å². The Morgan fingerprint density at radius 2 is 2.00 bits per heavy atom. The van der Waals surface area contributed by atoms with Crippen LogP contribution in [0.4, 0.5) is 0 Å². The monoisotopic (exact) mass is 356 g/mol. The highest BCUT2D eigenvalue weighted by Gasteiger charge is 2.28. The van der Waals surface area contributed by atoms with Crippen molar-refractivity contribution in [2.75, 3.05) is 32.8 Å². The molecule has 5 heteroatoms. The van der Waals surface area contributed by atoms with E-state index in [9.17, 15) is 4.79 Å². The Kier molecular flexibility index (Phi) is 5.15. The number of amides is 1. The van der Waals surface area contributed by atoms with Crippen molar-refractivity contribution in [2.24, 2.45) is 0 Å². The van der Waals surface area contributed by atoms with E-state index in [1.807, 2.05) is 18.2 Å². The molecule has 2 aliphatic rings. The highest BCUT2D eigenvalue weighted by atomic mass is 32.1. The van der Waals surface area contributed by atoms with Gasteiger partial charge in [-0.2, -0.15) is 0 Å². The van der Waals surface area contributed by atoms with Gasteiger partial charge in [0.2, 0.25) is 0 Å². The Hall–Kier alpha value is -1.69. The predicted molar refractivity (Wildman–Crippen MR) is 100 cm³/mol. The van der Waals surface area contributed by atoms with Gasteiger partial charge in [-0.05, 0) is 41.8 Å². The molecule has 1 saturated heterocycles. The van der Waals surface area contributed by atoms with Crippen LogP contribution in [0.5, 0.6) is 0 Å². The van der Waals surface area contributed by atoms with Crippen LogP contribution < -0.4 is 5.32 Å². The number of morpholine rings is 1. The Bertz CT molecular complexity index is 706. The Labute approximate surface area is 152 Å². The summed E-state index contributed by atoms with van der Waals surface area (Å²) in [5, 5.41) is 5.30. The topological polar surface area (TPSA) is 41.6 Å². The molecule has 0 radical (unpaired) electrons. The molecule has 1 atom stereocenters. The highest BCUT2D eigenvalue weighted by Crippen LogP contribution is 2.41. The van der Waals surface area contributed by atoms with E-state index in [1.165, 1.54) is 23.3 Å². The molecular formula is C20H24N2O2S. The zero-order valence-corrected chi connectivity index (χ0v) is 15.1. The van der Waals surface area contributed by atoms with E-state index in [2.05, 4.69) is 33.8 Å². The third kappa shape index (κ3) is 3.94. The summed E-state index contributed by atoms with van der Waals surface area (Å²) in [4.78, 5) is 16.5. The summed E-state index contributed by atoms with van der Waals surface area (Å²) in [6.07, 6.45) is 2.41. The predicted octanol–water partition coefficient (Wildman–Crippen LogP) is 3.43. The van der Waals surface area contributed by atoms with Crippen LogP contribution in [0.2, 0.25) is 0 Å². The number of ether oxygens (including phenoxy) is 1. The average Bonchev–Trinajstić information content (AvgIpc) is 3.38. The second-order valence-corrected chi connectivity index (χ2v) is 7.73. The summed E-state index contributed by atoms with van der Waals surface area (Å²) < 4.78 is 5.49. The second-order valence-electron chi connectivity index (χ2n) is 6.75. The summed E-state index contributed by atoms with van der Waals surface area (Å²) in [5.41, 5.74) is 2.05. The van der Waals surface area contributed by atoms with Crippen molar-refractivity contribution >= 4 is 17.2 Å². The lowest BCUT2D eigenvalue weighted by Gasteiger charge is -2.34. The maximum atomic E-state index is 12.8. The maximum Gasteiger partial charge on any atom is 0.251 e. The molecule has 2 fully saturated rings. The molecule has 1 N–H and O–H groups in total. The highest BCUT2D eigenvalue weighted by molar-refractivity contribution is 7.10. The van der Waals surface area contributed by atoms with E-state index in [4.69, 9.17) is 4.74 Å². The standard InChI is InChI=1S/C20H24N2O2S/c23-20(17-5-2-1-4-16(17)15-7-8-15)21-14-18(19-6-3-13-25-19)22-9-11-24-12-10-22/h1-6,13,15,18H,7-12,14H2,(H,21,23). The van der Waals surface area contributed by atoms with Gasteiger partial charge < -0.3 is 10.1 Å². The third-order valence-corrected chi connectivity index (χ3v) is 6.01. The van der Waals surface area contributed by atoms with E-state index in [-0.39, 0.29) is 11.9 Å². The minimum atomic E-state index is 0.0531. The molecular weight excluding hydrogens is 332 g/mol. The minimum Gasteiger partial charge on any atom is -0.379 e. The summed E-state index contributed by atoms with van der Waals surface area (Å²) >= 11 is 1.76. The van der Waals surface area contributed by atoms with E-state index < -0.39 is 0 Å². The first-order chi connectivity index (χ1) is 12.3. The molecule has 25 heavy (non-hydrogen) atoms. The second kappa shape index (κ2) is 7.68. The van der Waals surface area contributed by atoms with Crippen LogP contribution in [0.3, 0.4) is 0 Å². The average molecular weight is 356 g/mol. The molecule has 4 nitrogen and oxygen atoms in total. The van der Waals surface area contributed by atoms with Crippen LogP contribution in [-0.2, 0) is 4.74 Å². The van der Waals surface area contributed by atoms with Crippen molar-refractivity contribution in [3.05, 3.63) is 57.8 Å². The Morgan fingerprint density at radius 1 is 1.20 bits per heavy atom. The van der Waals surface area contributed by atoms with Gasteiger partial charge in [0.25, 0.3) is 5.91 Å². The van der Waals surface area contributed by atoms with Gasteiger partial charge in [-0.25, -0.2) is 0 Å². The fourth-order valence-corrected chi connectivity index (χ4v) is 4.38. The Morgan fingerprint density at radius 3 is 2.72 bits per heavy atom. The first-order valence-electron chi connectivity index (χ1n) is 9.05. The SMILES string of the molecule is O=C(NCC(c1cccs1)N1CCOCC1)c1ccccc1C1CC1. The number of hydrogen-bond acceptors (Lipinski definition) is 4. The van der Waals surface area contributed by atoms with Gasteiger partial charge in [-0.3, -0.25) is 9.69 Å². The number of thiophene rings is 1. The van der Waals surface area contributed by atoms with Crippen LogP contribution in [0, 0.1) is 0 Å². The number of nitrogens with zero attached hydrogens (tertiary/aromatic N) is 1. The lowest BCUT2D eigenvalue weighted by molar-refractivity contribution is 0.0169. The Balaban J connectivity index is 1.46. The first kappa shape index (κ1) is 16.8. The normalized spacial score (nSPS) is 19.5. The third-order valence-electron chi connectivity index (χ3n) is 5.04. The lowest BCUT2D eigenvalue weighted by atomic mass is 10.0. The zero-order chi connectivity index (χ0) is 17.1. The molecule has 1 amide bonds. The molecule has 0 spiro atoms. The number of nitrogens with one attached hydrogen (secondary N) is 1. The maximum absolute atomic E-state index is 12.8. The molecule has 2 aromatic rings. The summed E-state index contributed by atoms with van der Waals surface area (Å²) in [5.74, 6) is 0.631. The van der Waals surface area contributed by atoms with Gasteiger partial charge in [0.1, 0.15) is 0 Å². The quantitative estimate of drug-likeness (QED) is 0.862. The summed E-state index contributed by atoms with van der Waals surface area (Å²) in [6, 6.07) is 12.5. The zero-order valence-electron chi connectivity index (χ0n) is 14.3. The molecule has 2 heterocycles. The van der Waals surface area contributed by atoms with E-state index in [0.717, 1.165) is 31.9 Å². The number of benzene rings is 1. The van der Waals surface area contributed by atoms with Crippen LogP contribution >= 0.6 is 11.3 Å². The van der Waals surface area contributed by atoms with Crippen LogP contribution in [0.25, 0.3) is 0 Å². The largest absolute Gasteiger partial charge is 0.379 e. The van der Waals surface area contributed by atoms with Gasteiger partial charge in [0.05, 0.1) is 19.3 Å². The summed E-state index contributed by atoms with van der Waals surface area (Å²) in [6.45, 7) is 3.99. The molecule has 1 aliphatic carbocycles. The molecule has 1 unspecified atom stereocenters. The van der Waals surface area contributed by atoms with Gasteiger partial charge in [-0.15, -0.1) is 11.3 Å². The van der Waals surface area contributed by atoms with Crippen molar-refractivity contribution in [2.45, 2.75) is 24.8 Å². The lowest BCUT2D eigenvalue weighted by Crippen LogP contribution is -2.43. The molecule has 132 valence electrons. The molecule has 1 saturated carbocycles. The fourth-order valence-electron chi connectivity index (χ4n) is 3.52. The van der Waals surface area contributed by atoms with E-state index in [1.54, 1.807) is 11.3 Å². The number of hydrogen-bond donors (Lipinski definition) is 1. The van der Waals surface area contributed by atoms with Gasteiger partial charge in [0, 0.05) is 30.1 Å². The molecule has 1 aromatic carbocycles. The fraction of sp³-hybridized carbons (Fsp3) is 0.450. The van der Waals surface area contributed by atoms with Crippen molar-refractivity contribution in [1.82, 2.24) is 10.2 Å². The smallest absolute Gasteiger partial charge is 0.251 e. The summed E-state index contributed by atoms with van der Waals surface area (Å²) in [7, 11) is 0. The van der Waals surface area contributed by atoms with Gasteiger partial charge in [0.15, 0.2) is 0 Å². The number of rotatable bonds is 6. The van der Waals surface area contributed by atoms with Gasteiger partial charge in [-0.1, -0.05) is 24.3 Å². The molecule has 1 aromatic heterocycles. The first-order valence-corrected chi connectivity index (χ1v) is 9.93. The number of carbonyl (C=O) groups is 1. The van der Waals surface area contributed by atoms with Crippen LogP contribution in [-0.4, -0.2) is 43.7 Å². The molecule has 4 rings (SSSR count). The minimum absolute atomic E-state index is 0.0531. The van der Waals surface area contributed by atoms with Gasteiger partial charge >= 0.3 is 0 Å². The number of carbonyl (C=O) groups excluding carboxylic acids is 1. The molecule has 0 bridgehead atoms. The van der Waals surface area contributed by atoms with Crippen molar-refractivity contribution in [3.63, 3.8) is 0 Å². The van der Waals surface area contributed by atoms with Crippen molar-refractivity contribution < 1.29 is 9.53 Å².